The van der Waals surface area contributed by atoms with Crippen LogP contribution in [0.2, 0.25) is 5.02 Å². The normalized spacial score (nSPS) is 11.3. The second kappa shape index (κ2) is 9.80. The smallest absolute Gasteiger partial charge is 0.339 e. The standard InChI is InChI=1S/C21H21ClN2O5/c1-12(2)28-19-17(22)9-15(10-18(19)27-4)21(26)29-13(3)20(25)24-16-7-5-6-14(8-16)11-23/h5-10,12-13H,1-4H3,(H,24,25)/t13-/m1/s1. The predicted octanol–water partition coefficient (Wildman–Crippen LogP) is 4.19. The lowest BCUT2D eigenvalue weighted by Gasteiger charge is -2.17. The van der Waals surface area contributed by atoms with Crippen LogP contribution in [0.25, 0.3) is 0 Å². The molecule has 8 heteroatoms. The summed E-state index contributed by atoms with van der Waals surface area (Å²) in [5.74, 6) is -0.673. The minimum Gasteiger partial charge on any atom is -0.493 e. The zero-order valence-corrected chi connectivity index (χ0v) is 17.2. The first-order valence-corrected chi connectivity index (χ1v) is 9.19. The number of carbonyl (C=O) groups excluding carboxylic acids is 2. The van der Waals surface area contributed by atoms with Gasteiger partial charge in [0.25, 0.3) is 5.91 Å². The van der Waals surface area contributed by atoms with E-state index in [0.717, 1.165) is 0 Å². The van der Waals surface area contributed by atoms with E-state index in [-0.39, 0.29) is 22.4 Å². The Morgan fingerprint density at radius 1 is 1.17 bits per heavy atom. The summed E-state index contributed by atoms with van der Waals surface area (Å²) in [5.41, 5.74) is 0.948. The molecular weight excluding hydrogens is 396 g/mol. The van der Waals surface area contributed by atoms with Crippen LogP contribution in [0.1, 0.15) is 36.7 Å². The number of hydrogen-bond donors (Lipinski definition) is 1. The molecule has 0 aliphatic rings. The third kappa shape index (κ3) is 5.87. The summed E-state index contributed by atoms with van der Waals surface area (Å²) in [4.78, 5) is 24.8. The average molecular weight is 417 g/mol. The number of esters is 1. The second-order valence-corrected chi connectivity index (χ2v) is 6.79. The maximum Gasteiger partial charge on any atom is 0.339 e. The molecule has 2 aromatic rings. The highest BCUT2D eigenvalue weighted by atomic mass is 35.5. The molecule has 0 aliphatic heterocycles. The Bertz CT molecular complexity index is 953. The summed E-state index contributed by atoms with van der Waals surface area (Å²) >= 11 is 6.22. The van der Waals surface area contributed by atoms with Gasteiger partial charge < -0.3 is 19.5 Å². The maximum absolute atomic E-state index is 12.5. The Balaban J connectivity index is 2.11. The van der Waals surface area contributed by atoms with Crippen LogP contribution in [0.15, 0.2) is 36.4 Å². The topological polar surface area (TPSA) is 97.6 Å². The third-order valence-electron chi connectivity index (χ3n) is 3.73. The Morgan fingerprint density at radius 2 is 1.90 bits per heavy atom. The summed E-state index contributed by atoms with van der Waals surface area (Å²) in [5, 5.41) is 11.7. The number of nitrogens with zero attached hydrogens (tertiary/aromatic N) is 1. The van der Waals surface area contributed by atoms with E-state index in [2.05, 4.69) is 5.32 Å². The summed E-state index contributed by atoms with van der Waals surface area (Å²) in [7, 11) is 1.43. The van der Waals surface area contributed by atoms with E-state index in [0.29, 0.717) is 17.0 Å². The van der Waals surface area contributed by atoms with Crippen molar-refractivity contribution < 1.29 is 23.8 Å². The molecule has 2 rings (SSSR count). The first-order valence-electron chi connectivity index (χ1n) is 8.81. The number of hydrogen-bond acceptors (Lipinski definition) is 6. The number of amides is 1. The molecule has 0 aromatic heterocycles. The number of benzene rings is 2. The first-order chi connectivity index (χ1) is 13.7. The van der Waals surface area contributed by atoms with Gasteiger partial charge >= 0.3 is 5.97 Å². The van der Waals surface area contributed by atoms with Crippen molar-refractivity contribution >= 4 is 29.2 Å². The molecule has 1 N–H and O–H groups in total. The lowest BCUT2D eigenvalue weighted by atomic mass is 10.2. The van der Waals surface area contributed by atoms with Gasteiger partial charge in [-0.1, -0.05) is 17.7 Å². The maximum atomic E-state index is 12.5. The number of rotatable bonds is 7. The van der Waals surface area contributed by atoms with Gasteiger partial charge in [0.15, 0.2) is 17.6 Å². The fourth-order valence-electron chi connectivity index (χ4n) is 2.38. The van der Waals surface area contributed by atoms with Crippen LogP contribution < -0.4 is 14.8 Å². The number of carbonyl (C=O) groups is 2. The summed E-state index contributed by atoms with van der Waals surface area (Å²) in [6.07, 6.45) is -1.22. The van der Waals surface area contributed by atoms with Crippen LogP contribution in [-0.4, -0.2) is 31.2 Å². The van der Waals surface area contributed by atoms with Crippen LogP contribution in [0.5, 0.6) is 11.5 Å². The number of nitrogens with one attached hydrogen (secondary N) is 1. The number of halogens is 1. The Morgan fingerprint density at radius 3 is 2.52 bits per heavy atom. The van der Waals surface area contributed by atoms with Gasteiger partial charge in [-0.25, -0.2) is 4.79 Å². The van der Waals surface area contributed by atoms with E-state index in [1.54, 1.807) is 18.2 Å². The van der Waals surface area contributed by atoms with Gasteiger partial charge in [0.1, 0.15) is 0 Å². The van der Waals surface area contributed by atoms with Gasteiger partial charge in [-0.3, -0.25) is 4.79 Å². The Hall–Kier alpha value is -3.24. The average Bonchev–Trinajstić information content (AvgIpc) is 2.68. The van der Waals surface area contributed by atoms with Crippen LogP contribution in [0, 0.1) is 11.3 Å². The van der Waals surface area contributed by atoms with Crippen molar-refractivity contribution in [3.63, 3.8) is 0 Å². The number of anilines is 1. The van der Waals surface area contributed by atoms with Gasteiger partial charge in [0, 0.05) is 5.69 Å². The van der Waals surface area contributed by atoms with E-state index in [1.807, 2.05) is 19.9 Å². The highest BCUT2D eigenvalue weighted by Crippen LogP contribution is 2.37. The van der Waals surface area contributed by atoms with Crippen molar-refractivity contribution in [2.24, 2.45) is 0 Å². The number of nitriles is 1. The van der Waals surface area contributed by atoms with Crippen molar-refractivity contribution in [2.75, 3.05) is 12.4 Å². The molecule has 0 spiro atoms. The molecule has 1 atom stereocenters. The molecule has 0 radical (unpaired) electrons. The lowest BCUT2D eigenvalue weighted by molar-refractivity contribution is -0.123. The van der Waals surface area contributed by atoms with Gasteiger partial charge in [0.05, 0.1) is 35.4 Å². The molecule has 0 saturated carbocycles. The Labute approximate surface area is 174 Å². The quantitative estimate of drug-likeness (QED) is 0.679. The van der Waals surface area contributed by atoms with Crippen molar-refractivity contribution in [2.45, 2.75) is 33.0 Å². The molecule has 0 saturated heterocycles. The van der Waals surface area contributed by atoms with Crippen molar-refractivity contribution in [3.05, 3.63) is 52.5 Å². The van der Waals surface area contributed by atoms with Crippen LogP contribution in [0.3, 0.4) is 0 Å². The highest BCUT2D eigenvalue weighted by Gasteiger charge is 2.22. The van der Waals surface area contributed by atoms with Crippen molar-refractivity contribution in [3.8, 4) is 17.6 Å². The van der Waals surface area contributed by atoms with Gasteiger partial charge in [-0.2, -0.15) is 5.26 Å². The van der Waals surface area contributed by atoms with E-state index in [4.69, 9.17) is 31.1 Å². The molecular formula is C21H21ClN2O5. The molecule has 0 unspecified atom stereocenters. The number of ether oxygens (including phenoxy) is 3. The highest BCUT2D eigenvalue weighted by molar-refractivity contribution is 6.32. The van der Waals surface area contributed by atoms with E-state index in [9.17, 15) is 9.59 Å². The van der Waals surface area contributed by atoms with E-state index in [1.165, 1.54) is 32.2 Å². The monoisotopic (exact) mass is 416 g/mol. The minimum absolute atomic E-state index is 0.120. The molecule has 2 aromatic carbocycles. The zero-order valence-electron chi connectivity index (χ0n) is 16.5. The van der Waals surface area contributed by atoms with E-state index >= 15 is 0 Å². The Kier molecular flexibility index (Phi) is 7.46. The van der Waals surface area contributed by atoms with Gasteiger partial charge in [-0.05, 0) is 51.1 Å². The molecule has 1 amide bonds. The predicted molar refractivity (Wildman–Crippen MR) is 108 cm³/mol. The molecule has 0 heterocycles. The van der Waals surface area contributed by atoms with Crippen LogP contribution in [0.4, 0.5) is 5.69 Å². The summed E-state index contributed by atoms with van der Waals surface area (Å²) in [6.45, 7) is 5.12. The fraction of sp³-hybridized carbons (Fsp3) is 0.286. The molecule has 0 bridgehead atoms. The molecule has 7 nitrogen and oxygen atoms in total. The van der Waals surface area contributed by atoms with Crippen molar-refractivity contribution in [1.82, 2.24) is 0 Å². The van der Waals surface area contributed by atoms with Crippen LogP contribution in [-0.2, 0) is 9.53 Å². The molecule has 152 valence electrons. The fourth-order valence-corrected chi connectivity index (χ4v) is 2.64. The molecule has 0 fully saturated rings. The zero-order chi connectivity index (χ0) is 21.6. The third-order valence-corrected chi connectivity index (χ3v) is 4.01. The van der Waals surface area contributed by atoms with Gasteiger partial charge in [0.2, 0.25) is 0 Å². The molecule has 0 aliphatic carbocycles. The van der Waals surface area contributed by atoms with Gasteiger partial charge in [-0.15, -0.1) is 0 Å². The molecule has 29 heavy (non-hydrogen) atoms. The first kappa shape index (κ1) is 22.1. The second-order valence-electron chi connectivity index (χ2n) is 6.39. The SMILES string of the molecule is COc1cc(C(=O)O[C@H](C)C(=O)Nc2cccc(C#N)c2)cc(Cl)c1OC(C)C. The summed E-state index contributed by atoms with van der Waals surface area (Å²) in [6, 6.07) is 11.2. The minimum atomic E-state index is -1.08. The summed E-state index contributed by atoms with van der Waals surface area (Å²) < 4.78 is 16.1. The van der Waals surface area contributed by atoms with E-state index < -0.39 is 18.0 Å². The van der Waals surface area contributed by atoms with Crippen molar-refractivity contribution in [1.29, 1.82) is 5.26 Å². The van der Waals surface area contributed by atoms with Crippen LogP contribution >= 0.6 is 11.6 Å². The lowest BCUT2D eigenvalue weighted by Crippen LogP contribution is -2.30. The largest absolute Gasteiger partial charge is 0.493 e. The number of methoxy groups -OCH3 is 1.